The van der Waals surface area contributed by atoms with E-state index >= 15 is 0 Å². The fourth-order valence-corrected chi connectivity index (χ4v) is 1.66. The van der Waals surface area contributed by atoms with E-state index in [2.05, 4.69) is 35.6 Å². The topological polar surface area (TPSA) is 75.0 Å². The van der Waals surface area contributed by atoms with Gasteiger partial charge in [-0.1, -0.05) is 20.8 Å². The van der Waals surface area contributed by atoms with Crippen LogP contribution in [-0.4, -0.2) is 29.6 Å². The highest BCUT2D eigenvalue weighted by atomic mass is 16.1. The van der Waals surface area contributed by atoms with Crippen molar-refractivity contribution in [3.05, 3.63) is 22.7 Å². The molecule has 0 amide bonds. The predicted octanol–water partition coefficient (Wildman–Crippen LogP) is 0.971. The van der Waals surface area contributed by atoms with Crippen LogP contribution in [0.1, 0.15) is 27.2 Å². The third-order valence-electron chi connectivity index (χ3n) is 2.65. The molecule has 0 radical (unpaired) electrons. The van der Waals surface area contributed by atoms with E-state index in [1.807, 2.05) is 0 Å². The number of rotatable bonds is 6. The molecular formula is C12H22N4O. The molecule has 0 aliphatic rings. The summed E-state index contributed by atoms with van der Waals surface area (Å²) in [5, 5.41) is 0. The normalized spacial score (nSPS) is 11.5. The number of aromatic amines is 1. The first kappa shape index (κ1) is 13.7. The molecule has 0 saturated carbocycles. The number of aromatic nitrogens is 2. The number of hydrogen-bond acceptors (Lipinski definition) is 4. The molecule has 3 N–H and O–H groups in total. The molecule has 0 spiro atoms. The van der Waals surface area contributed by atoms with Gasteiger partial charge in [-0.3, -0.25) is 4.79 Å². The zero-order valence-electron chi connectivity index (χ0n) is 10.9. The SMILES string of the molecule is CCCN(CC(C)(C)CN)c1cc(=O)[nH]cn1. The van der Waals surface area contributed by atoms with Gasteiger partial charge in [0.2, 0.25) is 0 Å². The lowest BCUT2D eigenvalue weighted by Gasteiger charge is -2.32. The molecule has 0 unspecified atom stereocenters. The second-order valence-electron chi connectivity index (χ2n) is 5.06. The summed E-state index contributed by atoms with van der Waals surface area (Å²) in [6.45, 7) is 8.62. The number of nitrogens with zero attached hydrogens (tertiary/aromatic N) is 2. The fraction of sp³-hybridized carbons (Fsp3) is 0.667. The summed E-state index contributed by atoms with van der Waals surface area (Å²) in [7, 11) is 0. The van der Waals surface area contributed by atoms with Crippen LogP contribution in [0.5, 0.6) is 0 Å². The summed E-state index contributed by atoms with van der Waals surface area (Å²) < 4.78 is 0. The lowest BCUT2D eigenvalue weighted by Crippen LogP contribution is -2.40. The molecular weight excluding hydrogens is 216 g/mol. The van der Waals surface area contributed by atoms with Crippen molar-refractivity contribution in [2.75, 3.05) is 24.5 Å². The standard InChI is InChI=1S/C12H22N4O/c1-4-5-16(8-12(2,3)7-13)10-6-11(17)15-9-14-10/h6,9H,4-5,7-8,13H2,1-3H3,(H,14,15,17). The maximum Gasteiger partial charge on any atom is 0.252 e. The Morgan fingerprint density at radius 1 is 1.53 bits per heavy atom. The van der Waals surface area contributed by atoms with Crippen LogP contribution in [0.25, 0.3) is 0 Å². The fourth-order valence-electron chi connectivity index (χ4n) is 1.66. The molecule has 5 nitrogen and oxygen atoms in total. The molecule has 0 saturated heterocycles. The minimum atomic E-state index is -0.123. The zero-order valence-corrected chi connectivity index (χ0v) is 10.9. The minimum Gasteiger partial charge on any atom is -0.356 e. The number of nitrogens with two attached hydrogens (primary N) is 1. The Morgan fingerprint density at radius 2 is 2.24 bits per heavy atom. The Labute approximate surface area is 102 Å². The summed E-state index contributed by atoms with van der Waals surface area (Å²) in [5.41, 5.74) is 5.63. The highest BCUT2D eigenvalue weighted by Crippen LogP contribution is 2.18. The van der Waals surface area contributed by atoms with E-state index in [9.17, 15) is 4.79 Å². The summed E-state index contributed by atoms with van der Waals surface area (Å²) in [4.78, 5) is 20.1. The quantitative estimate of drug-likeness (QED) is 0.774. The molecule has 0 aliphatic heterocycles. The van der Waals surface area contributed by atoms with Crippen LogP contribution < -0.4 is 16.2 Å². The number of H-pyrrole nitrogens is 1. The third-order valence-corrected chi connectivity index (χ3v) is 2.65. The van der Waals surface area contributed by atoms with Crippen molar-refractivity contribution < 1.29 is 0 Å². The minimum absolute atomic E-state index is 0.0133. The summed E-state index contributed by atoms with van der Waals surface area (Å²) >= 11 is 0. The number of hydrogen-bond donors (Lipinski definition) is 2. The summed E-state index contributed by atoms with van der Waals surface area (Å²) in [6, 6.07) is 1.53. The van der Waals surface area contributed by atoms with Crippen LogP contribution >= 0.6 is 0 Å². The molecule has 0 atom stereocenters. The van der Waals surface area contributed by atoms with E-state index in [-0.39, 0.29) is 11.0 Å². The van der Waals surface area contributed by atoms with E-state index in [4.69, 9.17) is 5.73 Å². The molecule has 1 aromatic rings. The van der Waals surface area contributed by atoms with Gasteiger partial charge in [-0.05, 0) is 18.4 Å². The Morgan fingerprint density at radius 3 is 2.76 bits per heavy atom. The predicted molar refractivity (Wildman–Crippen MR) is 70.2 cm³/mol. The Balaban J connectivity index is 2.89. The molecule has 0 fully saturated rings. The maximum atomic E-state index is 11.3. The second-order valence-corrected chi connectivity index (χ2v) is 5.06. The van der Waals surface area contributed by atoms with Gasteiger partial charge in [0.15, 0.2) is 0 Å². The van der Waals surface area contributed by atoms with Gasteiger partial charge in [-0.15, -0.1) is 0 Å². The smallest absolute Gasteiger partial charge is 0.252 e. The highest BCUT2D eigenvalue weighted by Gasteiger charge is 2.20. The first-order valence-corrected chi connectivity index (χ1v) is 5.98. The van der Waals surface area contributed by atoms with Gasteiger partial charge < -0.3 is 15.6 Å². The molecule has 17 heavy (non-hydrogen) atoms. The van der Waals surface area contributed by atoms with Gasteiger partial charge in [0.1, 0.15) is 5.82 Å². The first-order chi connectivity index (χ1) is 7.98. The van der Waals surface area contributed by atoms with Crippen molar-refractivity contribution in [1.29, 1.82) is 0 Å². The van der Waals surface area contributed by atoms with Crippen molar-refractivity contribution >= 4 is 5.82 Å². The van der Waals surface area contributed by atoms with Crippen LogP contribution in [0.2, 0.25) is 0 Å². The second kappa shape index (κ2) is 5.82. The van der Waals surface area contributed by atoms with Gasteiger partial charge in [-0.25, -0.2) is 4.98 Å². The number of nitrogens with one attached hydrogen (secondary N) is 1. The Bertz CT molecular complexity index is 399. The monoisotopic (exact) mass is 238 g/mol. The van der Waals surface area contributed by atoms with Crippen molar-refractivity contribution in [2.24, 2.45) is 11.1 Å². The molecule has 1 heterocycles. The van der Waals surface area contributed by atoms with E-state index in [1.165, 1.54) is 12.4 Å². The van der Waals surface area contributed by atoms with Crippen LogP contribution in [0.15, 0.2) is 17.2 Å². The van der Waals surface area contributed by atoms with Gasteiger partial charge >= 0.3 is 0 Å². The molecule has 5 heteroatoms. The average molecular weight is 238 g/mol. The van der Waals surface area contributed by atoms with Crippen molar-refractivity contribution in [1.82, 2.24) is 9.97 Å². The summed E-state index contributed by atoms with van der Waals surface area (Å²) in [6.07, 6.45) is 2.45. The van der Waals surface area contributed by atoms with Crippen LogP contribution in [0.4, 0.5) is 5.82 Å². The van der Waals surface area contributed by atoms with Crippen molar-refractivity contribution in [3.8, 4) is 0 Å². The van der Waals surface area contributed by atoms with Crippen LogP contribution in [0.3, 0.4) is 0 Å². The van der Waals surface area contributed by atoms with Crippen LogP contribution in [0, 0.1) is 5.41 Å². The number of anilines is 1. The molecule has 1 rings (SSSR count). The Kier molecular flexibility index (Phi) is 4.69. The van der Waals surface area contributed by atoms with E-state index in [1.54, 1.807) is 0 Å². The first-order valence-electron chi connectivity index (χ1n) is 5.98. The largest absolute Gasteiger partial charge is 0.356 e. The van der Waals surface area contributed by atoms with Crippen molar-refractivity contribution in [2.45, 2.75) is 27.2 Å². The van der Waals surface area contributed by atoms with Crippen LogP contribution in [-0.2, 0) is 0 Å². The van der Waals surface area contributed by atoms with Gasteiger partial charge in [0.05, 0.1) is 6.33 Å². The zero-order chi connectivity index (χ0) is 12.9. The highest BCUT2D eigenvalue weighted by molar-refractivity contribution is 5.36. The van der Waals surface area contributed by atoms with E-state index < -0.39 is 0 Å². The van der Waals surface area contributed by atoms with E-state index in [0.717, 1.165) is 25.3 Å². The lowest BCUT2D eigenvalue weighted by atomic mass is 9.93. The third kappa shape index (κ3) is 4.19. The van der Waals surface area contributed by atoms with Gasteiger partial charge in [0, 0.05) is 19.2 Å². The molecule has 0 aliphatic carbocycles. The van der Waals surface area contributed by atoms with E-state index in [0.29, 0.717) is 6.54 Å². The Hall–Kier alpha value is -1.36. The maximum absolute atomic E-state index is 11.3. The van der Waals surface area contributed by atoms with Crippen molar-refractivity contribution in [3.63, 3.8) is 0 Å². The van der Waals surface area contributed by atoms with Gasteiger partial charge in [0.25, 0.3) is 5.56 Å². The average Bonchev–Trinajstić information content (AvgIpc) is 2.28. The molecule has 0 bridgehead atoms. The molecule has 1 aromatic heterocycles. The van der Waals surface area contributed by atoms with Gasteiger partial charge in [-0.2, -0.15) is 0 Å². The lowest BCUT2D eigenvalue weighted by molar-refractivity contribution is 0.376. The molecule has 0 aromatic carbocycles. The molecule has 96 valence electrons. The summed E-state index contributed by atoms with van der Waals surface area (Å²) in [5.74, 6) is 0.720.